The molecule has 2 heterocycles. The first-order chi connectivity index (χ1) is 15.7. The fourth-order valence-electron chi connectivity index (χ4n) is 2.84. The third-order valence-corrected chi connectivity index (χ3v) is 6.97. The number of carbonyl (C=O) groups is 1. The summed E-state index contributed by atoms with van der Waals surface area (Å²) < 4.78 is 32.1. The number of pyridine rings is 1. The molecule has 3 aromatic rings. The lowest BCUT2D eigenvalue weighted by Crippen LogP contribution is -2.22. The van der Waals surface area contributed by atoms with Gasteiger partial charge in [0.25, 0.3) is 10.0 Å². The van der Waals surface area contributed by atoms with Crippen molar-refractivity contribution in [2.45, 2.75) is 48.8 Å². The molecule has 2 aromatic heterocycles. The molecule has 1 aromatic carbocycles. The number of aromatic nitrogens is 2. The van der Waals surface area contributed by atoms with Gasteiger partial charge in [0.15, 0.2) is 5.82 Å². The van der Waals surface area contributed by atoms with E-state index in [9.17, 15) is 18.5 Å². The summed E-state index contributed by atoms with van der Waals surface area (Å²) in [5, 5.41) is 15.7. The first-order valence-electron chi connectivity index (χ1n) is 10.2. The number of hydrogen-bond acceptors (Lipinski definition) is 8. The maximum atomic E-state index is 12.7. The number of rotatable bonds is 9. The monoisotopic (exact) mass is 485 g/mol. The third-order valence-electron chi connectivity index (χ3n) is 4.50. The summed E-state index contributed by atoms with van der Waals surface area (Å²) >= 11 is 1.21. The van der Waals surface area contributed by atoms with E-state index in [-0.39, 0.29) is 16.6 Å². The van der Waals surface area contributed by atoms with Crippen LogP contribution >= 0.6 is 11.8 Å². The van der Waals surface area contributed by atoms with Gasteiger partial charge in [0.05, 0.1) is 15.7 Å². The SMILES string of the molecule is CCCc1ccc(C#N)c(SC(C)C(=O)Nc2ccc(S(=O)(=O)Nc3cc(C)on3)cc2)n1. The molecule has 33 heavy (non-hydrogen) atoms. The van der Waals surface area contributed by atoms with Crippen LogP contribution in [-0.4, -0.2) is 29.7 Å². The normalized spacial score (nSPS) is 12.1. The van der Waals surface area contributed by atoms with Crippen LogP contribution in [0.15, 0.2) is 56.9 Å². The number of amides is 1. The number of sulfonamides is 1. The highest BCUT2D eigenvalue weighted by molar-refractivity contribution is 8.00. The maximum absolute atomic E-state index is 12.7. The first-order valence-corrected chi connectivity index (χ1v) is 12.5. The lowest BCUT2D eigenvalue weighted by Gasteiger charge is -2.13. The second-order valence-corrected chi connectivity index (χ2v) is 10.2. The molecule has 0 saturated heterocycles. The topological polar surface area (TPSA) is 138 Å². The van der Waals surface area contributed by atoms with Crippen molar-refractivity contribution in [3.05, 3.63) is 59.5 Å². The molecule has 1 atom stereocenters. The van der Waals surface area contributed by atoms with Gasteiger partial charge < -0.3 is 9.84 Å². The number of aryl methyl sites for hydroxylation is 2. The molecule has 2 N–H and O–H groups in total. The van der Waals surface area contributed by atoms with Crippen molar-refractivity contribution in [2.75, 3.05) is 10.0 Å². The molecule has 0 aliphatic carbocycles. The van der Waals surface area contributed by atoms with E-state index in [1.807, 2.05) is 13.0 Å². The van der Waals surface area contributed by atoms with Gasteiger partial charge in [0, 0.05) is 17.4 Å². The molecule has 11 heteroatoms. The molecular weight excluding hydrogens is 462 g/mol. The zero-order valence-corrected chi connectivity index (χ0v) is 20.0. The summed E-state index contributed by atoms with van der Waals surface area (Å²) in [6.45, 7) is 5.42. The van der Waals surface area contributed by atoms with E-state index in [1.54, 1.807) is 19.9 Å². The van der Waals surface area contributed by atoms with E-state index in [2.05, 4.69) is 26.2 Å². The van der Waals surface area contributed by atoms with E-state index in [0.717, 1.165) is 18.5 Å². The molecule has 0 aliphatic heterocycles. The van der Waals surface area contributed by atoms with Crippen LogP contribution in [0.1, 0.15) is 37.3 Å². The Morgan fingerprint density at radius 1 is 1.24 bits per heavy atom. The van der Waals surface area contributed by atoms with Crippen LogP contribution in [0.4, 0.5) is 11.5 Å². The third kappa shape index (κ3) is 6.34. The highest BCUT2D eigenvalue weighted by Gasteiger charge is 2.19. The highest BCUT2D eigenvalue weighted by Crippen LogP contribution is 2.27. The number of carbonyl (C=O) groups excluding carboxylic acids is 1. The van der Waals surface area contributed by atoms with Crippen molar-refractivity contribution in [3.8, 4) is 6.07 Å². The highest BCUT2D eigenvalue weighted by atomic mass is 32.2. The average molecular weight is 486 g/mol. The molecule has 0 aliphatic rings. The van der Waals surface area contributed by atoms with Crippen molar-refractivity contribution >= 4 is 39.2 Å². The smallest absolute Gasteiger partial charge is 0.263 e. The second kappa shape index (κ2) is 10.5. The van der Waals surface area contributed by atoms with Gasteiger partial charge in [-0.2, -0.15) is 5.26 Å². The molecule has 172 valence electrons. The average Bonchev–Trinajstić information content (AvgIpc) is 3.18. The van der Waals surface area contributed by atoms with Gasteiger partial charge in [-0.3, -0.25) is 9.52 Å². The number of thioether (sulfide) groups is 1. The number of nitrogens with zero attached hydrogens (tertiary/aromatic N) is 3. The Bertz CT molecular complexity index is 1280. The van der Waals surface area contributed by atoms with Crippen molar-refractivity contribution in [1.82, 2.24) is 10.1 Å². The van der Waals surface area contributed by atoms with Gasteiger partial charge in [-0.25, -0.2) is 13.4 Å². The molecule has 3 rings (SSSR count). The predicted molar refractivity (Wildman–Crippen MR) is 125 cm³/mol. The van der Waals surface area contributed by atoms with Gasteiger partial charge >= 0.3 is 0 Å². The maximum Gasteiger partial charge on any atom is 0.263 e. The van der Waals surface area contributed by atoms with Crippen LogP contribution in [0, 0.1) is 18.3 Å². The molecule has 0 spiro atoms. The van der Waals surface area contributed by atoms with Gasteiger partial charge in [-0.1, -0.05) is 30.3 Å². The van der Waals surface area contributed by atoms with Crippen molar-refractivity contribution < 1.29 is 17.7 Å². The van der Waals surface area contributed by atoms with E-state index in [4.69, 9.17) is 4.52 Å². The molecule has 0 bridgehead atoms. The lowest BCUT2D eigenvalue weighted by atomic mass is 10.2. The fourth-order valence-corrected chi connectivity index (χ4v) is 4.74. The second-order valence-electron chi connectivity index (χ2n) is 7.22. The van der Waals surface area contributed by atoms with E-state index < -0.39 is 15.3 Å². The van der Waals surface area contributed by atoms with Crippen LogP contribution < -0.4 is 10.0 Å². The molecule has 0 fully saturated rings. The van der Waals surface area contributed by atoms with Gasteiger partial charge in [0.2, 0.25) is 5.91 Å². The fraction of sp³-hybridized carbons (Fsp3) is 0.273. The summed E-state index contributed by atoms with van der Waals surface area (Å²) in [5.41, 5.74) is 1.73. The zero-order chi connectivity index (χ0) is 24.0. The summed E-state index contributed by atoms with van der Waals surface area (Å²) in [6, 6.07) is 12.9. The molecule has 1 unspecified atom stereocenters. The number of benzene rings is 1. The summed E-state index contributed by atoms with van der Waals surface area (Å²) in [6.07, 6.45) is 1.72. The van der Waals surface area contributed by atoms with E-state index >= 15 is 0 Å². The summed E-state index contributed by atoms with van der Waals surface area (Å²) in [4.78, 5) is 17.2. The first kappa shape index (κ1) is 24.3. The van der Waals surface area contributed by atoms with Gasteiger partial charge in [-0.15, -0.1) is 0 Å². The summed E-state index contributed by atoms with van der Waals surface area (Å²) in [7, 11) is -3.85. The van der Waals surface area contributed by atoms with Gasteiger partial charge in [0.1, 0.15) is 16.9 Å². The Morgan fingerprint density at radius 3 is 2.58 bits per heavy atom. The number of nitrogens with one attached hydrogen (secondary N) is 2. The predicted octanol–water partition coefficient (Wildman–Crippen LogP) is 4.12. The Morgan fingerprint density at radius 2 is 1.97 bits per heavy atom. The molecule has 0 radical (unpaired) electrons. The van der Waals surface area contributed by atoms with Crippen LogP contribution in [0.5, 0.6) is 0 Å². The number of hydrogen-bond donors (Lipinski definition) is 2. The Balaban J connectivity index is 1.66. The van der Waals surface area contributed by atoms with Crippen LogP contribution in [0.25, 0.3) is 0 Å². The van der Waals surface area contributed by atoms with E-state index in [1.165, 1.54) is 42.1 Å². The Hall–Kier alpha value is -3.36. The molecule has 1 amide bonds. The van der Waals surface area contributed by atoms with Crippen molar-refractivity contribution in [2.24, 2.45) is 0 Å². The molecular formula is C22H23N5O4S2. The Labute approximate surface area is 196 Å². The minimum absolute atomic E-state index is 0.0131. The Kier molecular flexibility index (Phi) is 7.73. The minimum atomic E-state index is -3.85. The zero-order valence-electron chi connectivity index (χ0n) is 18.3. The van der Waals surface area contributed by atoms with Crippen molar-refractivity contribution in [1.29, 1.82) is 5.26 Å². The molecule has 0 saturated carbocycles. The minimum Gasteiger partial charge on any atom is -0.360 e. The van der Waals surface area contributed by atoms with E-state index in [0.29, 0.717) is 22.0 Å². The summed E-state index contributed by atoms with van der Waals surface area (Å²) in [5.74, 6) is 0.273. The van der Waals surface area contributed by atoms with Crippen LogP contribution in [-0.2, 0) is 21.2 Å². The largest absolute Gasteiger partial charge is 0.360 e. The molecule has 9 nitrogen and oxygen atoms in total. The number of nitriles is 1. The van der Waals surface area contributed by atoms with Gasteiger partial charge in [-0.05, 0) is 56.7 Å². The lowest BCUT2D eigenvalue weighted by molar-refractivity contribution is -0.115. The quantitative estimate of drug-likeness (QED) is 0.432. The van der Waals surface area contributed by atoms with Crippen LogP contribution in [0.3, 0.4) is 0 Å². The van der Waals surface area contributed by atoms with Crippen molar-refractivity contribution in [3.63, 3.8) is 0 Å². The van der Waals surface area contributed by atoms with Crippen LogP contribution in [0.2, 0.25) is 0 Å². The standard InChI is InChI=1S/C22H23N5O4S2/c1-4-5-17-7-6-16(13-23)22(25-17)32-15(3)21(28)24-18-8-10-19(11-9-18)33(29,30)27-20-12-14(2)31-26-20/h6-12,15H,4-5H2,1-3H3,(H,24,28)(H,26,27). The number of anilines is 2.